The van der Waals surface area contributed by atoms with Gasteiger partial charge in [-0.25, -0.2) is 0 Å². The lowest BCUT2D eigenvalue weighted by atomic mass is 10.0. The number of allylic oxidation sites excluding steroid dienone is 6. The zero-order chi connectivity index (χ0) is 47.2. The molecule has 0 fully saturated rings. The minimum absolute atomic E-state index is 0.0774. The largest absolute Gasteiger partial charge is 0.462 e. The van der Waals surface area contributed by atoms with Crippen molar-refractivity contribution in [2.75, 3.05) is 13.2 Å². The molecule has 0 spiro atoms. The Bertz CT molecular complexity index is 1090. The molecular weight excluding hydrogens is 805 g/mol. The topological polar surface area (TPSA) is 78.9 Å². The third kappa shape index (κ3) is 52.5. The highest BCUT2D eigenvalue weighted by atomic mass is 16.6. The van der Waals surface area contributed by atoms with Gasteiger partial charge in [-0.3, -0.25) is 14.4 Å². The van der Waals surface area contributed by atoms with Crippen LogP contribution in [-0.4, -0.2) is 37.2 Å². The fourth-order valence-corrected chi connectivity index (χ4v) is 8.29. The first-order valence-corrected chi connectivity index (χ1v) is 28.5. The van der Waals surface area contributed by atoms with E-state index in [-0.39, 0.29) is 31.1 Å². The van der Waals surface area contributed by atoms with Crippen LogP contribution in [0.4, 0.5) is 0 Å². The van der Waals surface area contributed by atoms with Crippen LogP contribution >= 0.6 is 0 Å². The average molecular weight is 914 g/mol. The van der Waals surface area contributed by atoms with Crippen LogP contribution in [0.2, 0.25) is 0 Å². The second-order valence-electron chi connectivity index (χ2n) is 19.2. The quantitative estimate of drug-likeness (QED) is 0.0262. The summed E-state index contributed by atoms with van der Waals surface area (Å²) in [6.07, 6.45) is 64.4. The van der Waals surface area contributed by atoms with Crippen molar-refractivity contribution in [3.63, 3.8) is 0 Å². The van der Waals surface area contributed by atoms with E-state index in [1.807, 2.05) is 0 Å². The molecule has 0 aliphatic carbocycles. The van der Waals surface area contributed by atoms with Crippen molar-refractivity contribution in [1.29, 1.82) is 0 Å². The monoisotopic (exact) mass is 913 g/mol. The van der Waals surface area contributed by atoms with Crippen molar-refractivity contribution in [1.82, 2.24) is 0 Å². The molecule has 0 aliphatic heterocycles. The molecule has 0 aromatic carbocycles. The predicted molar refractivity (Wildman–Crippen MR) is 279 cm³/mol. The highest BCUT2D eigenvalue weighted by molar-refractivity contribution is 5.71. The van der Waals surface area contributed by atoms with Gasteiger partial charge < -0.3 is 14.2 Å². The van der Waals surface area contributed by atoms with Gasteiger partial charge in [-0.15, -0.1) is 0 Å². The van der Waals surface area contributed by atoms with Gasteiger partial charge in [0, 0.05) is 19.3 Å². The second kappa shape index (κ2) is 54.2. The molecule has 0 aliphatic rings. The summed E-state index contributed by atoms with van der Waals surface area (Å²) in [6.45, 7) is 6.55. The van der Waals surface area contributed by atoms with Gasteiger partial charge in [0.15, 0.2) is 6.10 Å². The number of unbranched alkanes of at least 4 members (excludes halogenated alkanes) is 35. The van der Waals surface area contributed by atoms with E-state index in [1.165, 1.54) is 167 Å². The summed E-state index contributed by atoms with van der Waals surface area (Å²) in [5.74, 6) is -0.889. The number of hydrogen-bond acceptors (Lipinski definition) is 6. The van der Waals surface area contributed by atoms with Crippen LogP contribution in [0.15, 0.2) is 36.5 Å². The van der Waals surface area contributed by atoms with Crippen LogP contribution in [0.5, 0.6) is 0 Å². The van der Waals surface area contributed by atoms with Gasteiger partial charge in [-0.05, 0) is 64.2 Å². The first kappa shape index (κ1) is 62.6. The Morgan fingerprint density at radius 3 is 0.969 bits per heavy atom. The lowest BCUT2D eigenvalue weighted by Crippen LogP contribution is -2.30. The number of hydrogen-bond donors (Lipinski definition) is 0. The molecule has 1 unspecified atom stereocenters. The molecule has 6 nitrogen and oxygen atoms in total. The Balaban J connectivity index is 4.20. The molecule has 0 bridgehead atoms. The molecule has 0 radical (unpaired) electrons. The van der Waals surface area contributed by atoms with Gasteiger partial charge in [0.1, 0.15) is 13.2 Å². The minimum Gasteiger partial charge on any atom is -0.462 e. The van der Waals surface area contributed by atoms with Gasteiger partial charge in [0.25, 0.3) is 0 Å². The van der Waals surface area contributed by atoms with Gasteiger partial charge in [-0.1, -0.05) is 256 Å². The number of ether oxygens (including phenoxy) is 3. The Labute approximate surface area is 404 Å². The third-order valence-corrected chi connectivity index (χ3v) is 12.6. The molecule has 0 N–H and O–H groups in total. The summed E-state index contributed by atoms with van der Waals surface area (Å²) in [6, 6.07) is 0. The summed E-state index contributed by atoms with van der Waals surface area (Å²) >= 11 is 0. The maximum absolute atomic E-state index is 12.8. The average Bonchev–Trinajstić information content (AvgIpc) is 3.30. The van der Waals surface area contributed by atoms with Crippen molar-refractivity contribution < 1.29 is 28.6 Å². The van der Waals surface area contributed by atoms with Crippen LogP contribution in [0.1, 0.15) is 303 Å². The Kier molecular flexibility index (Phi) is 52.3. The van der Waals surface area contributed by atoms with E-state index < -0.39 is 6.10 Å². The van der Waals surface area contributed by atoms with Gasteiger partial charge in [-0.2, -0.15) is 0 Å². The summed E-state index contributed by atoms with van der Waals surface area (Å²) in [5.41, 5.74) is 0. The fraction of sp³-hybridized carbons (Fsp3) is 0.847. The van der Waals surface area contributed by atoms with Crippen molar-refractivity contribution in [2.24, 2.45) is 0 Å². The number of carbonyl (C=O) groups is 3. The SMILES string of the molecule is CCC/C=C\CCCCCCCC(=O)OCC(COC(=O)CCCCCCCCCCCCCCCCCCCCCCCCC)OC(=O)CCCCCCC/C=C\C/C=C\CCCC. The zero-order valence-corrected chi connectivity index (χ0v) is 43.5. The molecule has 0 amide bonds. The van der Waals surface area contributed by atoms with Crippen molar-refractivity contribution in [3.05, 3.63) is 36.5 Å². The van der Waals surface area contributed by atoms with Crippen molar-refractivity contribution in [2.45, 2.75) is 309 Å². The van der Waals surface area contributed by atoms with Crippen LogP contribution in [0, 0.1) is 0 Å². The Morgan fingerprint density at radius 2 is 0.600 bits per heavy atom. The minimum atomic E-state index is -0.779. The summed E-state index contributed by atoms with van der Waals surface area (Å²) in [5, 5.41) is 0. The van der Waals surface area contributed by atoms with Crippen molar-refractivity contribution in [3.8, 4) is 0 Å². The lowest BCUT2D eigenvalue weighted by Gasteiger charge is -2.18. The molecule has 6 heteroatoms. The number of rotatable bonds is 52. The van der Waals surface area contributed by atoms with E-state index in [4.69, 9.17) is 14.2 Å². The first-order valence-electron chi connectivity index (χ1n) is 28.5. The van der Waals surface area contributed by atoms with E-state index in [0.717, 1.165) is 96.3 Å². The van der Waals surface area contributed by atoms with Gasteiger partial charge >= 0.3 is 17.9 Å². The molecule has 0 saturated carbocycles. The van der Waals surface area contributed by atoms with E-state index in [1.54, 1.807) is 0 Å². The van der Waals surface area contributed by atoms with E-state index in [2.05, 4.69) is 57.2 Å². The number of carbonyl (C=O) groups excluding carboxylic acids is 3. The lowest BCUT2D eigenvalue weighted by molar-refractivity contribution is -0.167. The maximum Gasteiger partial charge on any atom is 0.306 e. The van der Waals surface area contributed by atoms with Crippen LogP contribution < -0.4 is 0 Å². The predicted octanol–water partition coefficient (Wildman–Crippen LogP) is 18.9. The molecule has 0 aromatic rings. The first-order chi connectivity index (χ1) is 32.0. The van der Waals surface area contributed by atoms with E-state index >= 15 is 0 Å². The smallest absolute Gasteiger partial charge is 0.306 e. The van der Waals surface area contributed by atoms with Crippen LogP contribution in [0.25, 0.3) is 0 Å². The maximum atomic E-state index is 12.8. The zero-order valence-electron chi connectivity index (χ0n) is 43.5. The van der Waals surface area contributed by atoms with Crippen LogP contribution in [-0.2, 0) is 28.6 Å². The molecule has 0 aromatic heterocycles. The molecular formula is C59H108O6. The molecule has 1 atom stereocenters. The molecule has 380 valence electrons. The molecule has 0 rings (SSSR count). The summed E-state index contributed by atoms with van der Waals surface area (Å²) < 4.78 is 16.8. The van der Waals surface area contributed by atoms with E-state index in [9.17, 15) is 14.4 Å². The van der Waals surface area contributed by atoms with Crippen LogP contribution in [0.3, 0.4) is 0 Å². The standard InChI is InChI=1S/C59H108O6/c1-4-7-10-13-16-19-22-24-26-27-28-29-30-31-32-33-34-36-37-40-43-46-49-52-58(61)64-55-56(54-63-57(60)51-48-45-42-39-21-18-15-12-9-6-3)65-59(62)53-50-47-44-41-38-35-25-23-20-17-14-11-8-5-2/h12,14-15,17,23,25,56H,4-11,13,16,18-22,24,26-55H2,1-3H3/b15-12-,17-14-,25-23-. The fourth-order valence-electron chi connectivity index (χ4n) is 8.29. The second-order valence-corrected chi connectivity index (χ2v) is 19.2. The number of esters is 3. The highest BCUT2D eigenvalue weighted by Crippen LogP contribution is 2.17. The molecule has 65 heavy (non-hydrogen) atoms. The summed E-state index contributed by atoms with van der Waals surface area (Å²) in [4.78, 5) is 38.0. The van der Waals surface area contributed by atoms with Gasteiger partial charge in [0.05, 0.1) is 0 Å². The van der Waals surface area contributed by atoms with Crippen molar-refractivity contribution >= 4 is 17.9 Å². The molecule has 0 saturated heterocycles. The Hall–Kier alpha value is -2.37. The normalized spacial score (nSPS) is 12.2. The highest BCUT2D eigenvalue weighted by Gasteiger charge is 2.19. The summed E-state index contributed by atoms with van der Waals surface area (Å²) in [7, 11) is 0. The van der Waals surface area contributed by atoms with Gasteiger partial charge in [0.2, 0.25) is 0 Å². The molecule has 0 heterocycles. The Morgan fingerprint density at radius 1 is 0.308 bits per heavy atom. The third-order valence-electron chi connectivity index (χ3n) is 12.6. The van der Waals surface area contributed by atoms with E-state index in [0.29, 0.717) is 19.3 Å².